The largest absolute Gasteiger partial charge is 0.395 e. The second kappa shape index (κ2) is 5.65. The van der Waals surface area contributed by atoms with E-state index in [1.54, 1.807) is 0 Å². The number of nitrogens with zero attached hydrogens (tertiary/aromatic N) is 2. The maximum absolute atomic E-state index is 10.6. The average molecular weight is 242 g/mol. The first-order valence-corrected chi connectivity index (χ1v) is 6.89. The molecule has 0 radical (unpaired) electrons. The number of β-amino-alcohol motifs (C(OH)–C–C–N with tert-alkyl or cyclic N) is 1. The minimum absolute atomic E-state index is 0.228. The van der Waals surface area contributed by atoms with Gasteiger partial charge >= 0.3 is 0 Å². The van der Waals surface area contributed by atoms with Crippen molar-refractivity contribution in [2.45, 2.75) is 43.7 Å². The fourth-order valence-electron chi connectivity index (χ4n) is 3.32. The van der Waals surface area contributed by atoms with Crippen LogP contribution >= 0.6 is 0 Å². The zero-order valence-electron chi connectivity index (χ0n) is 10.9. The number of likely N-dealkylation sites (tertiary alicyclic amines) is 2. The van der Waals surface area contributed by atoms with Gasteiger partial charge in [0.2, 0.25) is 0 Å². The SMILES string of the molecule is CN1CCCC(O)(CN2CCCCC2CO)C1. The lowest BCUT2D eigenvalue weighted by Crippen LogP contribution is -2.56. The zero-order valence-corrected chi connectivity index (χ0v) is 10.9. The summed E-state index contributed by atoms with van der Waals surface area (Å²) in [5.74, 6) is 0. The van der Waals surface area contributed by atoms with Gasteiger partial charge in [-0.25, -0.2) is 0 Å². The van der Waals surface area contributed by atoms with Crippen LogP contribution in [-0.2, 0) is 0 Å². The molecule has 0 aromatic rings. The van der Waals surface area contributed by atoms with Crippen molar-refractivity contribution >= 4 is 0 Å². The third-order valence-electron chi connectivity index (χ3n) is 4.20. The third kappa shape index (κ3) is 3.41. The molecule has 4 nitrogen and oxygen atoms in total. The predicted octanol–water partition coefficient (Wildman–Crippen LogP) is 0.290. The Morgan fingerprint density at radius 1 is 1.24 bits per heavy atom. The van der Waals surface area contributed by atoms with Crippen molar-refractivity contribution in [3.63, 3.8) is 0 Å². The van der Waals surface area contributed by atoms with E-state index in [9.17, 15) is 10.2 Å². The van der Waals surface area contributed by atoms with Gasteiger partial charge in [-0.2, -0.15) is 0 Å². The number of hydrogen-bond acceptors (Lipinski definition) is 4. The number of aliphatic hydroxyl groups excluding tert-OH is 1. The third-order valence-corrected chi connectivity index (χ3v) is 4.20. The molecule has 2 heterocycles. The second-order valence-electron chi connectivity index (χ2n) is 5.87. The van der Waals surface area contributed by atoms with Crippen LogP contribution in [0, 0.1) is 0 Å². The lowest BCUT2D eigenvalue weighted by Gasteiger charge is -2.44. The Morgan fingerprint density at radius 3 is 2.76 bits per heavy atom. The number of aliphatic hydroxyl groups is 2. The van der Waals surface area contributed by atoms with Gasteiger partial charge in [0.25, 0.3) is 0 Å². The van der Waals surface area contributed by atoms with E-state index in [-0.39, 0.29) is 12.6 Å². The molecule has 2 aliphatic heterocycles. The highest BCUT2D eigenvalue weighted by Gasteiger charge is 2.36. The summed E-state index contributed by atoms with van der Waals surface area (Å²) >= 11 is 0. The van der Waals surface area contributed by atoms with Crippen LogP contribution in [0.15, 0.2) is 0 Å². The molecule has 4 heteroatoms. The maximum atomic E-state index is 10.6. The topological polar surface area (TPSA) is 46.9 Å². The highest BCUT2D eigenvalue weighted by Crippen LogP contribution is 2.25. The Labute approximate surface area is 104 Å². The number of likely N-dealkylation sites (N-methyl/N-ethyl adjacent to an activating group) is 1. The fraction of sp³-hybridized carbons (Fsp3) is 1.00. The smallest absolute Gasteiger partial charge is 0.0900 e. The molecular weight excluding hydrogens is 216 g/mol. The Hall–Kier alpha value is -0.160. The summed E-state index contributed by atoms with van der Waals surface area (Å²) in [6.45, 7) is 3.83. The standard InChI is InChI=1S/C13H26N2O2/c1-14-7-4-6-13(17,10-14)11-15-8-3-2-5-12(15)9-16/h12,16-17H,2-11H2,1H3. The molecule has 0 amide bonds. The van der Waals surface area contributed by atoms with Gasteiger partial charge in [0, 0.05) is 19.1 Å². The van der Waals surface area contributed by atoms with Crippen LogP contribution in [0.1, 0.15) is 32.1 Å². The van der Waals surface area contributed by atoms with Crippen LogP contribution in [0.5, 0.6) is 0 Å². The van der Waals surface area contributed by atoms with Crippen LogP contribution in [0.4, 0.5) is 0 Å². The van der Waals surface area contributed by atoms with Crippen molar-refractivity contribution in [2.75, 3.05) is 39.8 Å². The predicted molar refractivity (Wildman–Crippen MR) is 68.0 cm³/mol. The molecule has 2 rings (SSSR count). The Bertz CT molecular complexity index is 250. The van der Waals surface area contributed by atoms with Crippen LogP contribution in [-0.4, -0.2) is 71.5 Å². The van der Waals surface area contributed by atoms with E-state index < -0.39 is 5.60 Å². The van der Waals surface area contributed by atoms with Gasteiger partial charge in [-0.3, -0.25) is 4.90 Å². The van der Waals surface area contributed by atoms with E-state index in [0.29, 0.717) is 0 Å². The van der Waals surface area contributed by atoms with Crippen LogP contribution in [0.25, 0.3) is 0 Å². The lowest BCUT2D eigenvalue weighted by molar-refractivity contribution is -0.0643. The summed E-state index contributed by atoms with van der Waals surface area (Å²) in [4.78, 5) is 4.50. The summed E-state index contributed by atoms with van der Waals surface area (Å²) in [5, 5.41) is 20.0. The molecule has 17 heavy (non-hydrogen) atoms. The Morgan fingerprint density at radius 2 is 2.06 bits per heavy atom. The molecule has 0 spiro atoms. The van der Waals surface area contributed by atoms with Gasteiger partial charge in [0.15, 0.2) is 0 Å². The van der Waals surface area contributed by atoms with Crippen molar-refractivity contribution in [1.29, 1.82) is 0 Å². The molecule has 2 atom stereocenters. The van der Waals surface area contributed by atoms with Gasteiger partial charge in [-0.1, -0.05) is 6.42 Å². The normalized spacial score (nSPS) is 37.2. The molecule has 2 aliphatic rings. The fourth-order valence-corrected chi connectivity index (χ4v) is 3.32. The van der Waals surface area contributed by atoms with E-state index in [1.807, 2.05) is 0 Å². The van der Waals surface area contributed by atoms with Crippen molar-refractivity contribution in [3.8, 4) is 0 Å². The van der Waals surface area contributed by atoms with Gasteiger partial charge in [0.1, 0.15) is 0 Å². The Kier molecular flexibility index (Phi) is 4.42. The number of rotatable bonds is 3. The second-order valence-corrected chi connectivity index (χ2v) is 5.87. The van der Waals surface area contributed by atoms with Crippen molar-refractivity contribution in [3.05, 3.63) is 0 Å². The van der Waals surface area contributed by atoms with E-state index in [4.69, 9.17) is 0 Å². The molecule has 0 aromatic carbocycles. The lowest BCUT2D eigenvalue weighted by atomic mass is 9.90. The Balaban J connectivity index is 1.93. The highest BCUT2D eigenvalue weighted by atomic mass is 16.3. The molecule has 0 saturated carbocycles. The molecule has 0 bridgehead atoms. The van der Waals surface area contributed by atoms with Crippen molar-refractivity contribution < 1.29 is 10.2 Å². The molecule has 2 fully saturated rings. The summed E-state index contributed by atoms with van der Waals surface area (Å²) in [7, 11) is 2.07. The minimum Gasteiger partial charge on any atom is -0.395 e. The molecule has 2 unspecified atom stereocenters. The molecule has 100 valence electrons. The van der Waals surface area contributed by atoms with Gasteiger partial charge < -0.3 is 15.1 Å². The summed E-state index contributed by atoms with van der Waals surface area (Å²) in [6.07, 6.45) is 5.45. The average Bonchev–Trinajstić information content (AvgIpc) is 2.29. The van der Waals surface area contributed by atoms with E-state index in [0.717, 1.165) is 45.4 Å². The number of piperidine rings is 2. The molecule has 2 saturated heterocycles. The van der Waals surface area contributed by atoms with E-state index in [1.165, 1.54) is 12.8 Å². The van der Waals surface area contributed by atoms with E-state index >= 15 is 0 Å². The van der Waals surface area contributed by atoms with Crippen LogP contribution < -0.4 is 0 Å². The minimum atomic E-state index is -0.572. The molecular formula is C13H26N2O2. The molecule has 0 aliphatic carbocycles. The highest BCUT2D eigenvalue weighted by molar-refractivity contribution is 4.91. The van der Waals surface area contributed by atoms with Crippen molar-refractivity contribution in [2.24, 2.45) is 0 Å². The summed E-state index contributed by atoms with van der Waals surface area (Å²) in [6, 6.07) is 0.264. The first-order valence-electron chi connectivity index (χ1n) is 6.89. The van der Waals surface area contributed by atoms with Gasteiger partial charge in [0.05, 0.1) is 12.2 Å². The molecule has 0 aromatic heterocycles. The maximum Gasteiger partial charge on any atom is 0.0900 e. The number of hydrogen-bond donors (Lipinski definition) is 2. The first-order chi connectivity index (χ1) is 8.13. The first kappa shape index (κ1) is 13.3. The van der Waals surface area contributed by atoms with E-state index in [2.05, 4.69) is 16.8 Å². The van der Waals surface area contributed by atoms with Gasteiger partial charge in [-0.15, -0.1) is 0 Å². The van der Waals surface area contributed by atoms with Crippen molar-refractivity contribution in [1.82, 2.24) is 9.80 Å². The summed E-state index contributed by atoms with van der Waals surface area (Å²) in [5.41, 5.74) is -0.572. The molecule has 2 N–H and O–H groups in total. The zero-order chi connectivity index (χ0) is 12.3. The van der Waals surface area contributed by atoms with Gasteiger partial charge in [-0.05, 0) is 45.8 Å². The summed E-state index contributed by atoms with van der Waals surface area (Å²) < 4.78 is 0. The monoisotopic (exact) mass is 242 g/mol. The van der Waals surface area contributed by atoms with Crippen LogP contribution in [0.3, 0.4) is 0 Å². The van der Waals surface area contributed by atoms with Crippen LogP contribution in [0.2, 0.25) is 0 Å². The quantitative estimate of drug-likeness (QED) is 0.747.